The molecule has 41 heavy (non-hydrogen) atoms. The fraction of sp³-hybridized carbons (Fsp3) is 0.194. The maximum absolute atomic E-state index is 14.2. The van der Waals surface area contributed by atoms with Crippen LogP contribution in [0.15, 0.2) is 91.2 Å². The zero-order valence-corrected chi connectivity index (χ0v) is 26.6. The van der Waals surface area contributed by atoms with Gasteiger partial charge in [0.25, 0.3) is 5.56 Å². The van der Waals surface area contributed by atoms with Gasteiger partial charge < -0.3 is 14.2 Å². The molecule has 1 aliphatic rings. The number of carbonyl (C=O) groups is 1. The van der Waals surface area contributed by atoms with Crippen molar-refractivity contribution in [3.8, 4) is 11.5 Å². The Bertz CT molecular complexity index is 1880. The Morgan fingerprint density at radius 3 is 2.59 bits per heavy atom. The Balaban J connectivity index is 1.77. The summed E-state index contributed by atoms with van der Waals surface area (Å²) in [6.07, 6.45) is 3.47. The van der Waals surface area contributed by atoms with Gasteiger partial charge in [0.15, 0.2) is 4.80 Å². The van der Waals surface area contributed by atoms with Crippen molar-refractivity contribution in [2.24, 2.45) is 4.99 Å². The van der Waals surface area contributed by atoms with Crippen LogP contribution in [-0.2, 0) is 9.53 Å². The van der Waals surface area contributed by atoms with E-state index in [1.807, 2.05) is 48.5 Å². The fourth-order valence-corrected chi connectivity index (χ4v) is 7.39. The SMILES string of the molecule is C=CCOc1c(Br)cc(/C=c2\sc3n(c2=O)[C@H](c2c(OC)ccc4ccccc24)C(C(=O)OCC)=C(C)N=3)cc1Br. The molecule has 0 aliphatic carbocycles. The van der Waals surface area contributed by atoms with Gasteiger partial charge in [0.1, 0.15) is 24.1 Å². The van der Waals surface area contributed by atoms with Crippen LogP contribution in [0.25, 0.3) is 16.8 Å². The molecule has 0 amide bonds. The summed E-state index contributed by atoms with van der Waals surface area (Å²) in [5.74, 6) is 0.676. The number of methoxy groups -OCH3 is 1. The number of aromatic nitrogens is 1. The zero-order valence-electron chi connectivity index (χ0n) is 22.6. The molecule has 0 unspecified atom stereocenters. The minimum absolute atomic E-state index is 0.190. The van der Waals surface area contributed by atoms with Crippen molar-refractivity contribution >= 4 is 66.0 Å². The van der Waals surface area contributed by atoms with Crippen molar-refractivity contribution < 1.29 is 19.0 Å². The molecule has 4 aromatic rings. The Hall–Kier alpha value is -3.47. The number of esters is 1. The molecule has 5 rings (SSSR count). The minimum atomic E-state index is -0.804. The number of thiazole rings is 1. The number of nitrogens with zero attached hydrogens (tertiary/aromatic N) is 2. The van der Waals surface area contributed by atoms with Gasteiger partial charge in [-0.05, 0) is 86.3 Å². The number of ether oxygens (including phenoxy) is 3. The second-order valence-electron chi connectivity index (χ2n) is 9.12. The van der Waals surface area contributed by atoms with Gasteiger partial charge >= 0.3 is 5.97 Å². The summed E-state index contributed by atoms with van der Waals surface area (Å²) in [5, 5.41) is 1.82. The third-order valence-corrected chi connectivity index (χ3v) is 8.77. The molecule has 3 aromatic carbocycles. The molecule has 0 saturated carbocycles. The second kappa shape index (κ2) is 12.2. The lowest BCUT2D eigenvalue weighted by atomic mass is 9.90. The summed E-state index contributed by atoms with van der Waals surface area (Å²) in [4.78, 5) is 32.7. The van der Waals surface area contributed by atoms with Gasteiger partial charge in [-0.1, -0.05) is 54.3 Å². The van der Waals surface area contributed by atoms with Crippen LogP contribution in [0.2, 0.25) is 0 Å². The van der Waals surface area contributed by atoms with Crippen LogP contribution in [0, 0.1) is 0 Å². The van der Waals surface area contributed by atoms with E-state index in [4.69, 9.17) is 19.2 Å². The predicted octanol–water partition coefficient (Wildman–Crippen LogP) is 6.05. The standard InChI is InChI=1S/C31H26Br2N2O5S/c1-5-13-40-28-21(32)14-18(15-22(28)33)16-24-29(36)35-27(25(30(37)39-6-2)17(3)34-31(35)41-24)26-20-10-8-7-9-19(20)11-12-23(26)38-4/h5,7-12,14-16,27H,1,6,13H2,2-4H3/b24-16-/t27-/m0/s1. The highest BCUT2D eigenvalue weighted by Gasteiger charge is 2.36. The van der Waals surface area contributed by atoms with E-state index in [-0.39, 0.29) is 12.2 Å². The maximum Gasteiger partial charge on any atom is 0.338 e. The molecule has 0 N–H and O–H groups in total. The molecule has 0 saturated heterocycles. The molecule has 2 heterocycles. The highest BCUT2D eigenvalue weighted by molar-refractivity contribution is 9.11. The molecule has 1 aromatic heterocycles. The van der Waals surface area contributed by atoms with Gasteiger partial charge in [-0.15, -0.1) is 0 Å². The van der Waals surface area contributed by atoms with Gasteiger partial charge in [0.05, 0.1) is 38.5 Å². The van der Waals surface area contributed by atoms with E-state index in [0.717, 1.165) is 25.3 Å². The Labute approximate surface area is 257 Å². The molecule has 7 nitrogen and oxygen atoms in total. The zero-order chi connectivity index (χ0) is 29.3. The first-order valence-corrected chi connectivity index (χ1v) is 15.2. The number of allylic oxidation sites excluding steroid dienone is 1. The van der Waals surface area contributed by atoms with E-state index in [1.165, 1.54) is 11.3 Å². The fourth-order valence-electron chi connectivity index (χ4n) is 4.89. The monoisotopic (exact) mass is 696 g/mol. The first-order chi connectivity index (χ1) is 19.8. The summed E-state index contributed by atoms with van der Waals surface area (Å²) in [5.41, 5.74) is 1.99. The van der Waals surface area contributed by atoms with E-state index in [9.17, 15) is 9.59 Å². The summed E-state index contributed by atoms with van der Waals surface area (Å²) in [6.45, 7) is 7.76. The first-order valence-electron chi connectivity index (χ1n) is 12.8. The molecule has 10 heteroatoms. The molecular formula is C31H26Br2N2O5S. The summed E-state index contributed by atoms with van der Waals surface area (Å²) in [7, 11) is 1.58. The largest absolute Gasteiger partial charge is 0.496 e. The van der Waals surface area contributed by atoms with Crippen LogP contribution in [0.1, 0.15) is 31.0 Å². The predicted molar refractivity (Wildman–Crippen MR) is 168 cm³/mol. The van der Waals surface area contributed by atoms with Gasteiger partial charge in [0, 0.05) is 5.56 Å². The third-order valence-electron chi connectivity index (χ3n) is 6.60. The van der Waals surface area contributed by atoms with Crippen molar-refractivity contribution in [3.63, 3.8) is 0 Å². The lowest BCUT2D eigenvalue weighted by Gasteiger charge is -2.27. The van der Waals surface area contributed by atoms with Crippen molar-refractivity contribution in [3.05, 3.63) is 112 Å². The Kier molecular flexibility index (Phi) is 8.63. The van der Waals surface area contributed by atoms with Gasteiger partial charge in [0.2, 0.25) is 0 Å². The lowest BCUT2D eigenvalue weighted by molar-refractivity contribution is -0.139. The molecule has 0 radical (unpaired) electrons. The van der Waals surface area contributed by atoms with Crippen LogP contribution in [0.3, 0.4) is 0 Å². The number of halogens is 2. The van der Waals surface area contributed by atoms with Gasteiger partial charge in [-0.2, -0.15) is 0 Å². The summed E-state index contributed by atoms with van der Waals surface area (Å²) < 4.78 is 20.5. The summed E-state index contributed by atoms with van der Waals surface area (Å²) in [6, 6.07) is 14.6. The minimum Gasteiger partial charge on any atom is -0.496 e. The molecule has 1 atom stereocenters. The quantitative estimate of drug-likeness (QED) is 0.166. The third kappa shape index (κ3) is 5.43. The van der Waals surface area contributed by atoms with Crippen molar-refractivity contribution in [1.29, 1.82) is 0 Å². The topological polar surface area (TPSA) is 79.1 Å². The van der Waals surface area contributed by atoms with Crippen LogP contribution in [0.4, 0.5) is 0 Å². The van der Waals surface area contributed by atoms with Crippen molar-refractivity contribution in [1.82, 2.24) is 4.57 Å². The number of fused-ring (bicyclic) bond motifs is 2. The van der Waals surface area contributed by atoms with Gasteiger partial charge in [-0.3, -0.25) is 9.36 Å². The summed E-state index contributed by atoms with van der Waals surface area (Å²) >= 11 is 8.39. The number of rotatable bonds is 8. The smallest absolute Gasteiger partial charge is 0.338 e. The van der Waals surface area contributed by atoms with Crippen molar-refractivity contribution in [2.45, 2.75) is 19.9 Å². The molecule has 0 bridgehead atoms. The first kappa shape index (κ1) is 29.0. The Morgan fingerprint density at radius 2 is 1.90 bits per heavy atom. The number of hydrogen-bond acceptors (Lipinski definition) is 7. The van der Waals surface area contributed by atoms with Crippen molar-refractivity contribution in [2.75, 3.05) is 20.3 Å². The molecular weight excluding hydrogens is 672 g/mol. The lowest BCUT2D eigenvalue weighted by Crippen LogP contribution is -2.40. The van der Waals surface area contributed by atoms with E-state index in [2.05, 4.69) is 38.4 Å². The average Bonchev–Trinajstić information content (AvgIpc) is 3.25. The van der Waals surface area contributed by atoms with E-state index >= 15 is 0 Å². The highest BCUT2D eigenvalue weighted by Crippen LogP contribution is 2.40. The van der Waals surface area contributed by atoms with E-state index < -0.39 is 12.0 Å². The van der Waals surface area contributed by atoms with Gasteiger partial charge in [-0.25, -0.2) is 9.79 Å². The average molecular weight is 698 g/mol. The normalized spacial score (nSPS) is 15.0. The maximum atomic E-state index is 14.2. The number of benzene rings is 3. The van der Waals surface area contributed by atoms with E-state index in [0.29, 0.717) is 44.3 Å². The molecule has 210 valence electrons. The second-order valence-corrected chi connectivity index (χ2v) is 11.8. The van der Waals surface area contributed by atoms with Crippen LogP contribution in [0.5, 0.6) is 11.5 Å². The van der Waals surface area contributed by atoms with E-state index in [1.54, 1.807) is 37.7 Å². The van der Waals surface area contributed by atoms with Crippen LogP contribution < -0.4 is 24.4 Å². The highest BCUT2D eigenvalue weighted by atomic mass is 79.9. The number of carbonyl (C=O) groups excluding carboxylic acids is 1. The molecule has 0 spiro atoms. The van der Waals surface area contributed by atoms with Crippen LogP contribution >= 0.6 is 43.2 Å². The Morgan fingerprint density at radius 1 is 1.17 bits per heavy atom. The molecule has 0 fully saturated rings. The number of hydrogen-bond donors (Lipinski definition) is 0. The molecule has 1 aliphatic heterocycles. The van der Waals surface area contributed by atoms with Crippen LogP contribution in [-0.4, -0.2) is 30.9 Å².